The second-order valence-electron chi connectivity index (χ2n) is 9.81. The number of carboxylic acids is 1. The Labute approximate surface area is 191 Å². The lowest BCUT2D eigenvalue weighted by Gasteiger charge is -2.50. The second-order valence-corrected chi connectivity index (χ2v) is 9.81. The van der Waals surface area contributed by atoms with Gasteiger partial charge in [-0.2, -0.15) is 0 Å². The van der Waals surface area contributed by atoms with E-state index in [0.29, 0.717) is 18.6 Å². The molecule has 3 aliphatic carbocycles. The van der Waals surface area contributed by atoms with Crippen LogP contribution in [0.15, 0.2) is 18.2 Å². The van der Waals surface area contributed by atoms with E-state index in [1.807, 2.05) is 13.0 Å². The molecule has 0 spiro atoms. The van der Waals surface area contributed by atoms with Crippen molar-refractivity contribution in [2.45, 2.75) is 88.1 Å². The summed E-state index contributed by atoms with van der Waals surface area (Å²) in [5.41, 5.74) is 1.33. The van der Waals surface area contributed by atoms with Gasteiger partial charge in [0.05, 0.1) is 7.45 Å². The normalized spacial score (nSPS) is 50.7. The van der Waals surface area contributed by atoms with E-state index < -0.39 is 54.5 Å². The second kappa shape index (κ2) is 7.95. The van der Waals surface area contributed by atoms with E-state index in [-0.39, 0.29) is 24.2 Å². The molecule has 4 unspecified atom stereocenters. The van der Waals surface area contributed by atoms with Gasteiger partial charge in [0, 0.05) is 2.74 Å². The van der Waals surface area contributed by atoms with Gasteiger partial charge in [0.2, 0.25) is 6.29 Å². The fourth-order valence-electron chi connectivity index (χ4n) is 6.31. The van der Waals surface area contributed by atoms with E-state index in [2.05, 4.69) is 0 Å². The van der Waals surface area contributed by atoms with Gasteiger partial charge in [-0.3, -0.25) is 0 Å². The van der Waals surface area contributed by atoms with Crippen LogP contribution in [0.2, 0.25) is 0 Å². The number of carbonyl (C=O) groups is 1. The van der Waals surface area contributed by atoms with Crippen LogP contribution in [0.3, 0.4) is 0 Å². The summed E-state index contributed by atoms with van der Waals surface area (Å²) in [6.45, 7) is 1.85. The summed E-state index contributed by atoms with van der Waals surface area (Å²) in [6.07, 6.45) is -9.56. The molecule has 32 heavy (non-hydrogen) atoms. The smallest absolute Gasteiger partial charge is 0.335 e. The van der Waals surface area contributed by atoms with Crippen molar-refractivity contribution in [2.75, 3.05) is 0 Å². The molecule has 1 saturated heterocycles. The molecular weight excluding hydrogens is 416 g/mol. The zero-order chi connectivity index (χ0) is 25.5. The molecule has 10 atom stereocenters. The van der Waals surface area contributed by atoms with Crippen molar-refractivity contribution in [3.05, 3.63) is 29.3 Å². The maximum atomic E-state index is 11.3. The number of aryl methyl sites for hydroxylation is 1. The molecule has 8 nitrogen and oxygen atoms in total. The largest absolute Gasteiger partial charge is 0.479 e. The number of ether oxygens (including phenoxy) is 2. The van der Waals surface area contributed by atoms with Crippen LogP contribution in [0.25, 0.3) is 0 Å². The summed E-state index contributed by atoms with van der Waals surface area (Å²) >= 11 is 0. The standard InChI is InChI=1S/C24H32O8/c1-24-9-8-14-13-5-3-12(10-11(13)2-4-15(14)16(24)6-7-17(24)25)31-23-20(28)18(26)19(27)21(32-23)22(29)30/h3,5,10,14-21,23,25-28H,2,4,6-9H2,1H3,(H,29,30)/t14?,15?,16?,17-,18-,19-,20+,21-,23+,24?/m0/s1/i7D2,17D. The molecule has 5 rings (SSSR count). The van der Waals surface area contributed by atoms with Gasteiger partial charge in [-0.05, 0) is 84.9 Å². The Bertz CT molecular complexity index is 1020. The molecule has 1 aromatic rings. The molecule has 2 saturated carbocycles. The number of aliphatic carboxylic acids is 1. The first-order valence-electron chi connectivity index (χ1n) is 12.7. The van der Waals surface area contributed by atoms with Gasteiger partial charge < -0.3 is 35.0 Å². The number of aliphatic hydroxyl groups excluding tert-OH is 3. The first-order valence-corrected chi connectivity index (χ1v) is 11.2. The average molecular weight is 452 g/mol. The van der Waals surface area contributed by atoms with Gasteiger partial charge in [-0.1, -0.05) is 13.0 Å². The molecule has 8 heteroatoms. The number of hydrogen-bond donors (Lipinski definition) is 5. The van der Waals surface area contributed by atoms with Gasteiger partial charge in [0.25, 0.3) is 0 Å². The zero-order valence-corrected chi connectivity index (χ0v) is 17.8. The van der Waals surface area contributed by atoms with E-state index >= 15 is 0 Å². The molecule has 5 N–H and O–H groups in total. The minimum Gasteiger partial charge on any atom is -0.479 e. The SMILES string of the molecule is [2H]C1([2H])CC2C3CCc4cc(O[C@@H]5O[C@H](C(=O)O)[C@@H](O)[C@H](O)[C@H]5O)ccc4C3CCC2(C)[C@@]1([2H])O. The van der Waals surface area contributed by atoms with E-state index in [9.17, 15) is 30.3 Å². The molecule has 0 bridgehead atoms. The summed E-state index contributed by atoms with van der Waals surface area (Å²) in [7, 11) is 0. The average Bonchev–Trinajstić information content (AvgIpc) is 2.94. The third kappa shape index (κ3) is 3.35. The van der Waals surface area contributed by atoms with Gasteiger partial charge in [0.1, 0.15) is 24.1 Å². The molecular formula is C24H32O8. The van der Waals surface area contributed by atoms with Crippen LogP contribution in [0, 0.1) is 17.3 Å². The van der Waals surface area contributed by atoms with E-state index in [1.54, 1.807) is 12.1 Å². The van der Waals surface area contributed by atoms with Crippen molar-refractivity contribution in [1.82, 2.24) is 0 Å². The Morgan fingerprint density at radius 1 is 1.19 bits per heavy atom. The summed E-state index contributed by atoms with van der Waals surface area (Å²) in [6, 6.07) is 5.40. The maximum absolute atomic E-state index is 11.3. The zero-order valence-electron chi connectivity index (χ0n) is 20.8. The molecule has 0 aromatic heterocycles. The Balaban J connectivity index is 1.36. The molecule has 1 heterocycles. The minimum atomic E-state index is -2.12. The van der Waals surface area contributed by atoms with E-state index in [4.69, 9.17) is 13.6 Å². The predicted molar refractivity (Wildman–Crippen MR) is 112 cm³/mol. The van der Waals surface area contributed by atoms with Crippen LogP contribution in [0.1, 0.15) is 60.1 Å². The van der Waals surface area contributed by atoms with E-state index in [0.717, 1.165) is 24.0 Å². The van der Waals surface area contributed by atoms with Crippen LogP contribution in [-0.2, 0) is 16.0 Å². The van der Waals surface area contributed by atoms with Crippen LogP contribution >= 0.6 is 0 Å². The van der Waals surface area contributed by atoms with Crippen LogP contribution < -0.4 is 4.74 Å². The fourth-order valence-corrected chi connectivity index (χ4v) is 6.31. The van der Waals surface area contributed by atoms with Crippen molar-refractivity contribution in [3.8, 4) is 5.75 Å². The highest BCUT2D eigenvalue weighted by Crippen LogP contribution is 2.60. The summed E-state index contributed by atoms with van der Waals surface area (Å²) in [5.74, 6) is -0.931. The van der Waals surface area contributed by atoms with Crippen molar-refractivity contribution >= 4 is 5.97 Å². The lowest BCUT2D eigenvalue weighted by molar-refractivity contribution is -0.271. The van der Waals surface area contributed by atoms with E-state index in [1.165, 1.54) is 0 Å². The highest BCUT2D eigenvalue weighted by atomic mass is 16.7. The lowest BCUT2D eigenvalue weighted by atomic mass is 9.55. The first kappa shape index (κ1) is 18.7. The summed E-state index contributed by atoms with van der Waals surface area (Å²) < 4.78 is 36.0. The van der Waals surface area contributed by atoms with Crippen molar-refractivity contribution in [2.24, 2.45) is 17.3 Å². The highest BCUT2D eigenvalue weighted by Gasteiger charge is 2.54. The van der Waals surface area contributed by atoms with Gasteiger partial charge in [0.15, 0.2) is 6.10 Å². The maximum Gasteiger partial charge on any atom is 0.335 e. The number of aliphatic hydroxyl groups is 4. The Morgan fingerprint density at radius 2 is 1.97 bits per heavy atom. The highest BCUT2D eigenvalue weighted by molar-refractivity contribution is 5.73. The monoisotopic (exact) mass is 451 g/mol. The van der Waals surface area contributed by atoms with Gasteiger partial charge in [-0.25, -0.2) is 4.79 Å². The predicted octanol–water partition coefficient (Wildman–Crippen LogP) is 1.17. The molecule has 1 aromatic carbocycles. The molecule has 176 valence electrons. The Morgan fingerprint density at radius 3 is 2.72 bits per heavy atom. The fraction of sp³-hybridized carbons (Fsp3) is 0.708. The van der Waals surface area contributed by atoms with Gasteiger partial charge in [-0.15, -0.1) is 0 Å². The Hall–Kier alpha value is -1.71. The molecule has 0 radical (unpaired) electrons. The third-order valence-corrected chi connectivity index (χ3v) is 8.18. The third-order valence-electron chi connectivity index (χ3n) is 8.18. The first-order chi connectivity index (χ1) is 16.3. The quantitative estimate of drug-likeness (QED) is 0.462. The number of benzene rings is 1. The molecule has 1 aliphatic heterocycles. The Kier molecular flexibility index (Phi) is 4.64. The van der Waals surface area contributed by atoms with Crippen molar-refractivity contribution < 1.29 is 43.9 Å². The summed E-state index contributed by atoms with van der Waals surface area (Å²) in [4.78, 5) is 11.3. The number of rotatable bonds is 3. The van der Waals surface area contributed by atoms with Crippen molar-refractivity contribution in [3.63, 3.8) is 0 Å². The number of hydrogen-bond acceptors (Lipinski definition) is 7. The number of carboxylic acid groups (broad SMARTS) is 1. The van der Waals surface area contributed by atoms with Crippen LogP contribution in [0.4, 0.5) is 0 Å². The lowest BCUT2D eigenvalue weighted by Crippen LogP contribution is -2.61. The summed E-state index contributed by atoms with van der Waals surface area (Å²) in [5, 5.41) is 50.2. The molecule has 4 aliphatic rings. The molecule has 0 amide bonds. The van der Waals surface area contributed by atoms with Crippen LogP contribution in [0.5, 0.6) is 5.75 Å². The minimum absolute atomic E-state index is 0.102. The van der Waals surface area contributed by atoms with Crippen molar-refractivity contribution in [1.29, 1.82) is 0 Å². The molecule has 3 fully saturated rings. The van der Waals surface area contributed by atoms with Gasteiger partial charge >= 0.3 is 5.97 Å². The number of fused-ring (bicyclic) bond motifs is 5. The van der Waals surface area contributed by atoms with Crippen LogP contribution in [-0.4, -0.2) is 68.3 Å². The topological polar surface area (TPSA) is 137 Å².